The molecule has 0 saturated carbocycles. The molecular weight excluding hydrogens is 357 g/mol. The second-order valence-corrected chi connectivity index (χ2v) is 7.49. The number of rotatable bonds is 7. The summed E-state index contributed by atoms with van der Waals surface area (Å²) in [7, 11) is -0.530. The molecule has 6 nitrogen and oxygen atoms in total. The van der Waals surface area contributed by atoms with Crippen LogP contribution in [0.1, 0.15) is 5.56 Å². The van der Waals surface area contributed by atoms with Crippen LogP contribution in [0.15, 0.2) is 58.4 Å². The lowest BCUT2D eigenvalue weighted by Gasteiger charge is -2.14. The third kappa shape index (κ3) is 5.19. The molecule has 2 aromatic rings. The molecule has 2 rings (SSSR count). The van der Waals surface area contributed by atoms with E-state index in [0.29, 0.717) is 12.5 Å². The van der Waals surface area contributed by atoms with Crippen LogP contribution < -0.4 is 15.4 Å². The predicted molar refractivity (Wildman–Crippen MR) is 99.6 cm³/mol. The van der Waals surface area contributed by atoms with Gasteiger partial charge in [-0.15, -0.1) is 0 Å². The average Bonchev–Trinajstić information content (AvgIpc) is 2.64. The van der Waals surface area contributed by atoms with Crippen LogP contribution in [0.3, 0.4) is 0 Å². The van der Waals surface area contributed by atoms with Crippen LogP contribution in [-0.4, -0.2) is 40.8 Å². The fourth-order valence-electron chi connectivity index (χ4n) is 2.36. The molecule has 0 aliphatic heterocycles. The summed E-state index contributed by atoms with van der Waals surface area (Å²) in [6, 6.07) is 12.9. The van der Waals surface area contributed by atoms with Gasteiger partial charge >= 0.3 is 0 Å². The lowest BCUT2D eigenvalue weighted by atomic mass is 10.2. The minimum atomic E-state index is -3.71. The number of benzene rings is 2. The van der Waals surface area contributed by atoms with E-state index in [1.165, 1.54) is 18.2 Å². The zero-order chi connectivity index (χ0) is 19.0. The van der Waals surface area contributed by atoms with Crippen LogP contribution in [0.5, 0.6) is 5.75 Å². The largest absolute Gasteiger partial charge is 0.496 e. The van der Waals surface area contributed by atoms with E-state index >= 15 is 0 Å². The van der Waals surface area contributed by atoms with Crippen molar-refractivity contribution in [1.29, 1.82) is 0 Å². The van der Waals surface area contributed by atoms with Crippen LogP contribution in [0.4, 0.5) is 4.39 Å². The zero-order valence-electron chi connectivity index (χ0n) is 14.7. The molecule has 0 radical (unpaired) electrons. The van der Waals surface area contributed by atoms with Crippen molar-refractivity contribution in [2.75, 3.05) is 26.5 Å². The van der Waals surface area contributed by atoms with Gasteiger partial charge in [0.25, 0.3) is 0 Å². The summed E-state index contributed by atoms with van der Waals surface area (Å²) in [5.74, 6) is 0.201. The van der Waals surface area contributed by atoms with E-state index in [1.54, 1.807) is 14.2 Å². The molecule has 0 aromatic heterocycles. The maximum Gasteiger partial charge on any atom is 0.191 e. The third-order valence-corrected chi connectivity index (χ3v) is 5.44. The van der Waals surface area contributed by atoms with Crippen LogP contribution in [0.25, 0.3) is 0 Å². The summed E-state index contributed by atoms with van der Waals surface area (Å²) in [4.78, 5) is 3.76. The van der Waals surface area contributed by atoms with E-state index in [9.17, 15) is 12.8 Å². The van der Waals surface area contributed by atoms with E-state index in [0.717, 1.165) is 17.4 Å². The number of nitrogens with one attached hydrogen (secondary N) is 2. The van der Waals surface area contributed by atoms with E-state index in [1.807, 2.05) is 24.3 Å². The average molecular weight is 379 g/mol. The highest BCUT2D eigenvalue weighted by atomic mass is 32.2. The zero-order valence-corrected chi connectivity index (χ0v) is 15.5. The number of aliphatic imine (C=N–C) groups is 1. The van der Waals surface area contributed by atoms with Crippen molar-refractivity contribution in [3.63, 3.8) is 0 Å². The normalized spacial score (nSPS) is 11.9. The molecule has 0 unspecified atom stereocenters. The first-order valence-corrected chi connectivity index (χ1v) is 9.67. The van der Waals surface area contributed by atoms with E-state index in [2.05, 4.69) is 15.6 Å². The quantitative estimate of drug-likeness (QED) is 0.568. The first kappa shape index (κ1) is 19.7. The second-order valence-electron chi connectivity index (χ2n) is 5.41. The summed E-state index contributed by atoms with van der Waals surface area (Å²) in [5, 5.41) is 6.01. The lowest BCUT2D eigenvalue weighted by molar-refractivity contribution is 0.409. The number of ether oxygens (including phenoxy) is 1. The molecule has 2 N–H and O–H groups in total. The summed E-state index contributed by atoms with van der Waals surface area (Å²) >= 11 is 0. The topological polar surface area (TPSA) is 79.8 Å². The molecule has 0 aliphatic rings. The Labute approximate surface area is 153 Å². The highest BCUT2D eigenvalue weighted by Gasteiger charge is 2.18. The Balaban J connectivity index is 1.90. The van der Waals surface area contributed by atoms with Gasteiger partial charge in [-0.3, -0.25) is 4.99 Å². The van der Waals surface area contributed by atoms with Gasteiger partial charge in [0.1, 0.15) is 16.5 Å². The summed E-state index contributed by atoms with van der Waals surface area (Å²) < 4.78 is 43.4. The maximum atomic E-state index is 13.7. The summed E-state index contributed by atoms with van der Waals surface area (Å²) in [5.41, 5.74) is 0.942. The molecule has 2 aromatic carbocycles. The molecule has 140 valence electrons. The van der Waals surface area contributed by atoms with E-state index in [4.69, 9.17) is 4.74 Å². The monoisotopic (exact) mass is 379 g/mol. The molecule has 0 saturated heterocycles. The molecule has 0 heterocycles. The van der Waals surface area contributed by atoms with E-state index < -0.39 is 15.7 Å². The number of methoxy groups -OCH3 is 1. The first-order chi connectivity index (χ1) is 12.5. The number of sulfone groups is 1. The van der Waals surface area contributed by atoms with Crippen molar-refractivity contribution < 1.29 is 17.5 Å². The Morgan fingerprint density at radius 2 is 1.81 bits per heavy atom. The summed E-state index contributed by atoms with van der Waals surface area (Å²) in [6.07, 6.45) is 0. The lowest BCUT2D eigenvalue weighted by Crippen LogP contribution is -2.39. The number of hydrogen-bond donors (Lipinski definition) is 2. The maximum absolute atomic E-state index is 13.7. The third-order valence-electron chi connectivity index (χ3n) is 3.70. The fourth-order valence-corrected chi connectivity index (χ4v) is 3.60. The smallest absolute Gasteiger partial charge is 0.191 e. The molecule has 0 spiro atoms. The minimum absolute atomic E-state index is 0.0995. The SMILES string of the molecule is CN=C(NCCS(=O)(=O)c1ccccc1F)NCc1ccccc1OC. The van der Waals surface area contributed by atoms with E-state index in [-0.39, 0.29) is 17.2 Å². The standard InChI is InChI=1S/C18H22FN3O3S/c1-20-18(22-13-14-7-3-5-9-16(14)25-2)21-11-12-26(23,24)17-10-6-4-8-15(17)19/h3-10H,11-13H2,1-2H3,(H2,20,21,22). The van der Waals surface area contributed by atoms with Gasteiger partial charge in [-0.05, 0) is 18.2 Å². The van der Waals surface area contributed by atoms with Crippen molar-refractivity contribution in [2.45, 2.75) is 11.4 Å². The van der Waals surface area contributed by atoms with Gasteiger partial charge in [0.05, 0.1) is 12.9 Å². The van der Waals surface area contributed by atoms with Crippen molar-refractivity contribution in [3.8, 4) is 5.75 Å². The fraction of sp³-hybridized carbons (Fsp3) is 0.278. The molecule has 0 bridgehead atoms. The van der Waals surface area contributed by atoms with Gasteiger partial charge < -0.3 is 15.4 Å². The molecule has 26 heavy (non-hydrogen) atoms. The number of hydrogen-bond acceptors (Lipinski definition) is 4. The van der Waals surface area contributed by atoms with Crippen LogP contribution >= 0.6 is 0 Å². The predicted octanol–water partition coefficient (Wildman–Crippen LogP) is 1.97. The molecule has 0 amide bonds. The molecular formula is C18H22FN3O3S. The van der Waals surface area contributed by atoms with Crippen molar-refractivity contribution in [2.24, 2.45) is 4.99 Å². The Kier molecular flexibility index (Phi) is 6.97. The first-order valence-electron chi connectivity index (χ1n) is 8.01. The van der Waals surface area contributed by atoms with Crippen LogP contribution in [0.2, 0.25) is 0 Å². The second kappa shape index (κ2) is 9.19. The molecule has 0 atom stereocenters. The highest BCUT2D eigenvalue weighted by molar-refractivity contribution is 7.91. The van der Waals surface area contributed by atoms with Crippen LogP contribution in [0, 0.1) is 5.82 Å². The Hall–Kier alpha value is -2.61. The van der Waals surface area contributed by atoms with Gasteiger partial charge in [-0.25, -0.2) is 12.8 Å². The highest BCUT2D eigenvalue weighted by Crippen LogP contribution is 2.17. The van der Waals surface area contributed by atoms with Crippen molar-refractivity contribution in [3.05, 3.63) is 59.9 Å². The van der Waals surface area contributed by atoms with Gasteiger partial charge in [0.2, 0.25) is 0 Å². The van der Waals surface area contributed by atoms with Crippen LogP contribution in [-0.2, 0) is 16.4 Å². The number of halogens is 1. The number of guanidine groups is 1. The van der Waals surface area contributed by atoms with Gasteiger partial charge in [-0.1, -0.05) is 30.3 Å². The number of para-hydroxylation sites is 1. The molecule has 0 aliphatic carbocycles. The van der Waals surface area contributed by atoms with Gasteiger partial charge in [0, 0.05) is 25.7 Å². The molecule has 8 heteroatoms. The Bertz CT molecular complexity index is 869. The van der Waals surface area contributed by atoms with Gasteiger partial charge in [0.15, 0.2) is 15.8 Å². The minimum Gasteiger partial charge on any atom is -0.496 e. The Morgan fingerprint density at radius 3 is 2.50 bits per heavy atom. The number of nitrogens with zero attached hydrogens (tertiary/aromatic N) is 1. The summed E-state index contributed by atoms with van der Waals surface area (Å²) in [6.45, 7) is 0.562. The Morgan fingerprint density at radius 1 is 1.12 bits per heavy atom. The molecule has 0 fully saturated rings. The van der Waals surface area contributed by atoms with Crippen molar-refractivity contribution in [1.82, 2.24) is 10.6 Å². The van der Waals surface area contributed by atoms with Crippen molar-refractivity contribution >= 4 is 15.8 Å². The van der Waals surface area contributed by atoms with Gasteiger partial charge in [-0.2, -0.15) is 0 Å².